The van der Waals surface area contributed by atoms with Gasteiger partial charge >= 0.3 is 0 Å². The number of carbonyl (C=O) groups is 1. The lowest BCUT2D eigenvalue weighted by atomic mass is 10.2. The number of benzene rings is 1. The largest absolute Gasteiger partial charge is 0.381 e. The first kappa shape index (κ1) is 17.6. The first-order chi connectivity index (χ1) is 9.91. The van der Waals surface area contributed by atoms with Gasteiger partial charge in [-0.2, -0.15) is 0 Å². The van der Waals surface area contributed by atoms with Crippen molar-refractivity contribution in [3.05, 3.63) is 38.3 Å². The lowest BCUT2D eigenvalue weighted by molar-refractivity contribution is -0.384. The first-order valence-corrected chi connectivity index (χ1v) is 7.51. The van der Waals surface area contributed by atoms with E-state index in [0.29, 0.717) is 36.6 Å². The van der Waals surface area contributed by atoms with E-state index in [4.69, 9.17) is 4.74 Å². The molecule has 1 aromatic rings. The zero-order chi connectivity index (χ0) is 15.8. The number of halogens is 1. The van der Waals surface area contributed by atoms with E-state index in [9.17, 15) is 14.9 Å². The molecule has 21 heavy (non-hydrogen) atoms. The van der Waals surface area contributed by atoms with Crippen LogP contribution in [0.4, 0.5) is 5.69 Å². The van der Waals surface area contributed by atoms with Gasteiger partial charge in [-0.05, 0) is 34.3 Å². The van der Waals surface area contributed by atoms with E-state index in [1.807, 2.05) is 0 Å². The summed E-state index contributed by atoms with van der Waals surface area (Å²) in [6.45, 7) is 5.88. The lowest BCUT2D eigenvalue weighted by Gasteiger charge is -2.08. The van der Waals surface area contributed by atoms with Crippen molar-refractivity contribution in [2.75, 3.05) is 19.8 Å². The molecule has 0 aliphatic heterocycles. The summed E-state index contributed by atoms with van der Waals surface area (Å²) in [7, 11) is 0. The predicted octanol–water partition coefficient (Wildman–Crippen LogP) is 3.15. The van der Waals surface area contributed by atoms with Crippen LogP contribution in [0.3, 0.4) is 0 Å². The molecule has 0 atom stereocenters. The zero-order valence-electron chi connectivity index (χ0n) is 12.1. The van der Waals surface area contributed by atoms with Crippen LogP contribution in [0.15, 0.2) is 22.7 Å². The maximum absolute atomic E-state index is 12.0. The van der Waals surface area contributed by atoms with Crippen molar-refractivity contribution in [2.24, 2.45) is 5.92 Å². The molecule has 1 N–H and O–H groups in total. The average Bonchev–Trinajstić information content (AvgIpc) is 2.42. The van der Waals surface area contributed by atoms with E-state index < -0.39 is 4.92 Å². The molecular formula is C14H19BrN2O4. The van der Waals surface area contributed by atoms with Crippen LogP contribution in [0.5, 0.6) is 0 Å². The van der Waals surface area contributed by atoms with Crippen LogP contribution in [0.2, 0.25) is 0 Å². The summed E-state index contributed by atoms with van der Waals surface area (Å²) in [6.07, 6.45) is 0.699. The van der Waals surface area contributed by atoms with Crippen LogP contribution in [0, 0.1) is 16.0 Å². The number of nitro groups is 1. The van der Waals surface area contributed by atoms with Crippen molar-refractivity contribution in [3.63, 3.8) is 0 Å². The fourth-order valence-electron chi connectivity index (χ4n) is 1.59. The average molecular weight is 359 g/mol. The minimum atomic E-state index is -0.525. The molecule has 0 aromatic heterocycles. The second-order valence-electron chi connectivity index (χ2n) is 5.00. The number of carbonyl (C=O) groups excluding carboxylic acids is 1. The van der Waals surface area contributed by atoms with Crippen molar-refractivity contribution in [2.45, 2.75) is 20.3 Å². The highest BCUT2D eigenvalue weighted by molar-refractivity contribution is 9.10. The second-order valence-corrected chi connectivity index (χ2v) is 5.85. The van der Waals surface area contributed by atoms with Crippen molar-refractivity contribution in [1.82, 2.24) is 5.32 Å². The summed E-state index contributed by atoms with van der Waals surface area (Å²) in [5, 5.41) is 13.4. The minimum Gasteiger partial charge on any atom is -0.381 e. The number of nitrogens with one attached hydrogen (secondary N) is 1. The van der Waals surface area contributed by atoms with Gasteiger partial charge in [-0.1, -0.05) is 13.8 Å². The number of hydrogen-bond acceptors (Lipinski definition) is 4. The molecule has 0 aliphatic rings. The third-order valence-corrected chi connectivity index (χ3v) is 3.30. The highest BCUT2D eigenvalue weighted by Crippen LogP contribution is 2.22. The zero-order valence-corrected chi connectivity index (χ0v) is 13.7. The number of amides is 1. The number of rotatable bonds is 8. The maximum atomic E-state index is 12.0. The van der Waals surface area contributed by atoms with Crippen molar-refractivity contribution in [1.29, 1.82) is 0 Å². The molecule has 1 aromatic carbocycles. The van der Waals surface area contributed by atoms with Gasteiger partial charge in [0.15, 0.2) is 0 Å². The molecule has 7 heteroatoms. The van der Waals surface area contributed by atoms with Crippen LogP contribution >= 0.6 is 15.9 Å². The Balaban J connectivity index is 2.45. The highest BCUT2D eigenvalue weighted by atomic mass is 79.9. The topological polar surface area (TPSA) is 81.5 Å². The molecule has 1 amide bonds. The van der Waals surface area contributed by atoms with E-state index in [-0.39, 0.29) is 17.2 Å². The van der Waals surface area contributed by atoms with E-state index in [1.165, 1.54) is 18.2 Å². The fraction of sp³-hybridized carbons (Fsp3) is 0.500. The Hall–Kier alpha value is -1.47. The summed E-state index contributed by atoms with van der Waals surface area (Å²) in [5.74, 6) is 0.148. The number of non-ortho nitro benzene ring substituents is 1. The molecule has 6 nitrogen and oxygen atoms in total. The van der Waals surface area contributed by atoms with Crippen LogP contribution in [-0.4, -0.2) is 30.6 Å². The van der Waals surface area contributed by atoms with E-state index in [1.54, 1.807) is 0 Å². The third kappa shape index (κ3) is 6.22. The summed E-state index contributed by atoms with van der Waals surface area (Å²) in [4.78, 5) is 22.2. The summed E-state index contributed by atoms with van der Waals surface area (Å²) in [5.41, 5.74) is 0.149. The molecule has 0 unspecified atom stereocenters. The third-order valence-electron chi connectivity index (χ3n) is 2.61. The van der Waals surface area contributed by atoms with Crippen LogP contribution in [0.1, 0.15) is 30.6 Å². The molecular weight excluding hydrogens is 340 g/mol. The standard InChI is InChI=1S/C14H19BrN2O4/c1-10(2)9-21-7-3-6-16-14(18)12-8-11(17(19)20)4-5-13(12)15/h4-5,8,10H,3,6-7,9H2,1-2H3,(H,16,18). The number of ether oxygens (including phenoxy) is 1. The van der Waals surface area contributed by atoms with Gasteiger partial charge in [0, 0.05) is 36.4 Å². The van der Waals surface area contributed by atoms with Gasteiger partial charge in [0.25, 0.3) is 11.6 Å². The smallest absolute Gasteiger partial charge is 0.270 e. The Bertz CT molecular complexity index is 506. The Morgan fingerprint density at radius 2 is 2.19 bits per heavy atom. The minimum absolute atomic E-state index is 0.108. The quantitative estimate of drug-likeness (QED) is 0.439. The molecule has 0 heterocycles. The van der Waals surface area contributed by atoms with Crippen LogP contribution < -0.4 is 5.32 Å². The SMILES string of the molecule is CC(C)COCCCNC(=O)c1cc([N+](=O)[O-])ccc1Br. The van der Waals surface area contributed by atoms with E-state index in [2.05, 4.69) is 35.1 Å². The number of hydrogen-bond donors (Lipinski definition) is 1. The van der Waals surface area contributed by atoms with Crippen LogP contribution in [0.25, 0.3) is 0 Å². The Morgan fingerprint density at radius 3 is 2.81 bits per heavy atom. The normalized spacial score (nSPS) is 10.7. The molecule has 0 aliphatic carbocycles. The summed E-state index contributed by atoms with van der Waals surface area (Å²) in [6, 6.07) is 4.11. The molecule has 116 valence electrons. The van der Waals surface area contributed by atoms with Gasteiger partial charge in [-0.15, -0.1) is 0 Å². The summed E-state index contributed by atoms with van der Waals surface area (Å²) < 4.78 is 5.94. The van der Waals surface area contributed by atoms with Crippen molar-refractivity contribution >= 4 is 27.5 Å². The van der Waals surface area contributed by atoms with Gasteiger partial charge in [-0.25, -0.2) is 0 Å². The first-order valence-electron chi connectivity index (χ1n) is 6.71. The maximum Gasteiger partial charge on any atom is 0.270 e. The van der Waals surface area contributed by atoms with Gasteiger partial charge in [0.2, 0.25) is 0 Å². The molecule has 0 saturated heterocycles. The Morgan fingerprint density at radius 1 is 1.48 bits per heavy atom. The highest BCUT2D eigenvalue weighted by Gasteiger charge is 2.15. The van der Waals surface area contributed by atoms with Gasteiger partial charge < -0.3 is 10.1 Å². The van der Waals surface area contributed by atoms with Gasteiger partial charge in [0.05, 0.1) is 10.5 Å². The molecule has 0 radical (unpaired) electrons. The van der Waals surface area contributed by atoms with Gasteiger partial charge in [0.1, 0.15) is 0 Å². The molecule has 0 bridgehead atoms. The van der Waals surface area contributed by atoms with E-state index in [0.717, 1.165) is 0 Å². The number of nitro benzene ring substituents is 1. The Kier molecular flexibility index (Phi) is 7.31. The molecule has 0 saturated carbocycles. The van der Waals surface area contributed by atoms with Crippen LogP contribution in [-0.2, 0) is 4.74 Å². The monoisotopic (exact) mass is 358 g/mol. The van der Waals surface area contributed by atoms with Crippen molar-refractivity contribution in [3.8, 4) is 0 Å². The van der Waals surface area contributed by atoms with Gasteiger partial charge in [-0.3, -0.25) is 14.9 Å². The molecule has 0 spiro atoms. The lowest BCUT2D eigenvalue weighted by Crippen LogP contribution is -2.25. The summed E-state index contributed by atoms with van der Waals surface area (Å²) >= 11 is 3.22. The van der Waals surface area contributed by atoms with E-state index >= 15 is 0 Å². The van der Waals surface area contributed by atoms with Crippen molar-refractivity contribution < 1.29 is 14.5 Å². The number of nitrogens with zero attached hydrogens (tertiary/aromatic N) is 1. The predicted molar refractivity (Wildman–Crippen MR) is 83.4 cm³/mol. The molecule has 0 fully saturated rings. The molecule has 1 rings (SSSR count). The fourth-order valence-corrected chi connectivity index (χ4v) is 2.02. The second kappa shape index (κ2) is 8.74. The Labute approximate surface area is 132 Å².